The third-order valence-electron chi connectivity index (χ3n) is 6.50. The Morgan fingerprint density at radius 3 is 2.50 bits per heavy atom. The summed E-state index contributed by atoms with van der Waals surface area (Å²) in [6.45, 7) is 1.49. The van der Waals surface area contributed by atoms with Crippen molar-refractivity contribution in [2.45, 2.75) is 19.5 Å². The number of hydrogen-bond acceptors (Lipinski definition) is 4. The van der Waals surface area contributed by atoms with Gasteiger partial charge in [0.1, 0.15) is 5.69 Å². The van der Waals surface area contributed by atoms with E-state index in [2.05, 4.69) is 15.6 Å². The van der Waals surface area contributed by atoms with Crippen molar-refractivity contribution in [3.63, 3.8) is 0 Å². The van der Waals surface area contributed by atoms with Crippen molar-refractivity contribution < 1.29 is 4.79 Å². The maximum Gasteiger partial charge on any atom is 0.322 e. The van der Waals surface area contributed by atoms with Gasteiger partial charge in [-0.05, 0) is 30.3 Å². The average molecular weight is 544 g/mol. The van der Waals surface area contributed by atoms with Gasteiger partial charge in [-0.15, -0.1) is 5.10 Å². The molecule has 5 aromatic rings. The highest BCUT2D eigenvalue weighted by Gasteiger charge is 2.28. The van der Waals surface area contributed by atoms with E-state index < -0.39 is 0 Å². The van der Waals surface area contributed by atoms with Crippen molar-refractivity contribution in [3.05, 3.63) is 112 Å². The van der Waals surface area contributed by atoms with Crippen LogP contribution in [0, 0.1) is 0 Å². The molecule has 10 heteroatoms. The molecular weight excluding hydrogens is 521 g/mol. The number of fused-ring (bicyclic) bond motifs is 1. The van der Waals surface area contributed by atoms with Gasteiger partial charge in [-0.3, -0.25) is 4.68 Å². The van der Waals surface area contributed by atoms with Gasteiger partial charge in [0.05, 0.1) is 35.7 Å². The number of nitrogens with zero attached hydrogens (tertiary/aromatic N) is 6. The van der Waals surface area contributed by atoms with Crippen LogP contribution >= 0.6 is 23.2 Å². The fourth-order valence-corrected chi connectivity index (χ4v) is 5.15. The Labute approximate surface area is 229 Å². The minimum Gasteiger partial charge on any atom is -0.320 e. The van der Waals surface area contributed by atoms with E-state index in [4.69, 9.17) is 28.3 Å². The summed E-state index contributed by atoms with van der Waals surface area (Å²) in [5.41, 5.74) is 6.21. The molecule has 0 saturated carbocycles. The van der Waals surface area contributed by atoms with Crippen molar-refractivity contribution in [3.8, 4) is 16.9 Å². The Hall–Kier alpha value is -4.14. The van der Waals surface area contributed by atoms with E-state index >= 15 is 0 Å². The van der Waals surface area contributed by atoms with Crippen LogP contribution in [0.2, 0.25) is 10.0 Å². The van der Waals surface area contributed by atoms with Crippen LogP contribution < -0.4 is 5.32 Å². The minimum absolute atomic E-state index is 0.128. The highest BCUT2D eigenvalue weighted by atomic mass is 35.5. The van der Waals surface area contributed by atoms with E-state index in [0.717, 1.165) is 33.9 Å². The first-order valence-corrected chi connectivity index (χ1v) is 12.9. The van der Waals surface area contributed by atoms with E-state index in [9.17, 15) is 4.79 Å². The van der Waals surface area contributed by atoms with E-state index in [0.29, 0.717) is 41.8 Å². The van der Waals surface area contributed by atoms with Crippen LogP contribution in [-0.4, -0.2) is 42.3 Å². The first-order valence-electron chi connectivity index (χ1n) is 12.2. The molecule has 1 aliphatic rings. The Bertz CT molecular complexity index is 1600. The van der Waals surface area contributed by atoms with Crippen LogP contribution in [0.5, 0.6) is 0 Å². The molecule has 190 valence electrons. The molecule has 0 fully saturated rings. The summed E-state index contributed by atoms with van der Waals surface area (Å²) in [6, 6.07) is 24.6. The summed E-state index contributed by atoms with van der Waals surface area (Å²) >= 11 is 12.4. The molecule has 0 atom stereocenters. The molecule has 0 aliphatic carbocycles. The second-order valence-electron chi connectivity index (χ2n) is 9.02. The first-order chi connectivity index (χ1) is 18.5. The quantitative estimate of drug-likeness (QED) is 0.291. The molecule has 2 amide bonds. The van der Waals surface area contributed by atoms with Gasteiger partial charge in [0.25, 0.3) is 0 Å². The summed E-state index contributed by atoms with van der Waals surface area (Å²) < 4.78 is 3.61. The predicted molar refractivity (Wildman–Crippen MR) is 148 cm³/mol. The second kappa shape index (κ2) is 10.3. The molecule has 0 bridgehead atoms. The molecule has 8 nitrogen and oxygen atoms in total. The van der Waals surface area contributed by atoms with E-state index in [-0.39, 0.29) is 6.03 Å². The summed E-state index contributed by atoms with van der Waals surface area (Å²) in [6.07, 6.45) is 2.52. The molecule has 3 heterocycles. The number of anilines is 1. The highest BCUT2D eigenvalue weighted by molar-refractivity contribution is 6.35. The number of amides is 2. The van der Waals surface area contributed by atoms with Gasteiger partial charge in [0.15, 0.2) is 0 Å². The van der Waals surface area contributed by atoms with Crippen molar-refractivity contribution in [2.75, 3.05) is 11.9 Å². The zero-order valence-corrected chi connectivity index (χ0v) is 21.8. The number of nitrogens with one attached hydrogen (secondary N) is 1. The number of rotatable bonds is 5. The number of aromatic nitrogens is 5. The SMILES string of the molecule is O=C(Nc1ccccc1)N1CCc2c(c(-c3ccccc3)nn2Cc2cn(-c3ccc(Cl)cc3Cl)nn2)C1. The van der Waals surface area contributed by atoms with Gasteiger partial charge >= 0.3 is 6.03 Å². The van der Waals surface area contributed by atoms with Gasteiger partial charge in [0, 0.05) is 40.5 Å². The van der Waals surface area contributed by atoms with E-state index in [1.54, 1.807) is 16.8 Å². The molecule has 3 aromatic carbocycles. The number of halogens is 2. The summed E-state index contributed by atoms with van der Waals surface area (Å²) in [4.78, 5) is 14.9. The molecule has 0 saturated heterocycles. The van der Waals surface area contributed by atoms with E-state index in [1.165, 1.54) is 0 Å². The van der Waals surface area contributed by atoms with Gasteiger partial charge in [-0.25, -0.2) is 9.48 Å². The van der Waals surface area contributed by atoms with Crippen LogP contribution in [0.25, 0.3) is 16.9 Å². The predicted octanol–water partition coefficient (Wildman–Crippen LogP) is 6.08. The molecule has 38 heavy (non-hydrogen) atoms. The maximum atomic E-state index is 13.1. The Morgan fingerprint density at radius 2 is 1.74 bits per heavy atom. The number of para-hydroxylation sites is 1. The summed E-state index contributed by atoms with van der Waals surface area (Å²) in [7, 11) is 0. The highest BCUT2D eigenvalue weighted by Crippen LogP contribution is 2.31. The number of urea groups is 1. The molecule has 1 N–H and O–H groups in total. The molecular formula is C28H23Cl2N7O. The lowest BCUT2D eigenvalue weighted by molar-refractivity contribution is 0.206. The van der Waals surface area contributed by atoms with Crippen molar-refractivity contribution in [2.24, 2.45) is 0 Å². The smallest absolute Gasteiger partial charge is 0.320 e. The fourth-order valence-electron chi connectivity index (χ4n) is 4.66. The van der Waals surface area contributed by atoms with Crippen molar-refractivity contribution >= 4 is 34.9 Å². The summed E-state index contributed by atoms with van der Waals surface area (Å²) in [5, 5.41) is 17.6. The molecule has 6 rings (SSSR count). The lowest BCUT2D eigenvalue weighted by Crippen LogP contribution is -2.39. The number of carbonyl (C=O) groups is 1. The lowest BCUT2D eigenvalue weighted by Gasteiger charge is -2.28. The number of benzene rings is 3. The van der Waals surface area contributed by atoms with Gasteiger partial charge in [-0.2, -0.15) is 5.10 Å². The van der Waals surface area contributed by atoms with Crippen LogP contribution in [0.15, 0.2) is 85.1 Å². The van der Waals surface area contributed by atoms with Gasteiger partial charge in [0.2, 0.25) is 0 Å². The standard InChI is InChI=1S/C28H23Cl2N7O/c29-20-11-12-26(24(30)15-20)37-17-22(32-34-37)16-36-25-13-14-35(28(38)31-21-9-5-2-6-10-21)18-23(25)27(33-36)19-7-3-1-4-8-19/h1-12,15,17H,13-14,16,18H2,(H,31,38). The molecule has 0 unspecified atom stereocenters. The zero-order chi connectivity index (χ0) is 26.1. The van der Waals surface area contributed by atoms with Gasteiger partial charge < -0.3 is 10.2 Å². The molecule has 0 radical (unpaired) electrons. The fraction of sp³-hybridized carbons (Fsp3) is 0.143. The Morgan fingerprint density at radius 1 is 0.974 bits per heavy atom. The van der Waals surface area contributed by atoms with Crippen LogP contribution in [0.3, 0.4) is 0 Å². The third kappa shape index (κ3) is 4.88. The van der Waals surface area contributed by atoms with E-state index in [1.807, 2.05) is 82.5 Å². The maximum absolute atomic E-state index is 13.1. The van der Waals surface area contributed by atoms with Crippen molar-refractivity contribution in [1.29, 1.82) is 0 Å². The third-order valence-corrected chi connectivity index (χ3v) is 7.04. The Balaban J connectivity index is 1.29. The Kier molecular flexibility index (Phi) is 6.57. The normalized spacial score (nSPS) is 12.8. The van der Waals surface area contributed by atoms with Gasteiger partial charge in [-0.1, -0.05) is 76.9 Å². The largest absolute Gasteiger partial charge is 0.322 e. The number of carbonyl (C=O) groups excluding carboxylic acids is 1. The topological polar surface area (TPSA) is 80.9 Å². The zero-order valence-electron chi connectivity index (χ0n) is 20.3. The van der Waals surface area contributed by atoms with Crippen LogP contribution in [-0.2, 0) is 19.5 Å². The first kappa shape index (κ1) is 24.2. The second-order valence-corrected chi connectivity index (χ2v) is 9.86. The molecule has 2 aromatic heterocycles. The molecule has 0 spiro atoms. The minimum atomic E-state index is -0.128. The number of hydrogen-bond donors (Lipinski definition) is 1. The van der Waals surface area contributed by atoms with Crippen LogP contribution in [0.4, 0.5) is 10.5 Å². The van der Waals surface area contributed by atoms with Crippen molar-refractivity contribution in [1.82, 2.24) is 29.7 Å². The average Bonchev–Trinajstić information content (AvgIpc) is 3.54. The monoisotopic (exact) mass is 543 g/mol. The van der Waals surface area contributed by atoms with Crippen LogP contribution in [0.1, 0.15) is 17.0 Å². The molecule has 1 aliphatic heterocycles. The lowest BCUT2D eigenvalue weighted by atomic mass is 10.0. The summed E-state index contributed by atoms with van der Waals surface area (Å²) in [5.74, 6) is 0.